The van der Waals surface area contributed by atoms with Crippen LogP contribution in [0.15, 0.2) is 42.5 Å². The van der Waals surface area contributed by atoms with Crippen molar-refractivity contribution in [1.82, 2.24) is 0 Å². The highest BCUT2D eigenvalue weighted by Crippen LogP contribution is 2.41. The number of carbonyl (C=O) groups is 4. The van der Waals surface area contributed by atoms with Crippen LogP contribution in [-0.4, -0.2) is 61.5 Å². The fourth-order valence-electron chi connectivity index (χ4n) is 6.44. The molecule has 0 aromatic heterocycles. The van der Waals surface area contributed by atoms with Crippen molar-refractivity contribution in [3.05, 3.63) is 64.7 Å². The second-order valence-electron chi connectivity index (χ2n) is 12.5. The summed E-state index contributed by atoms with van der Waals surface area (Å²) in [5.74, 6) is -1.69. The molecule has 250 valence electrons. The topological polar surface area (TPSA) is 124 Å². The van der Waals surface area contributed by atoms with E-state index in [9.17, 15) is 19.2 Å². The molecule has 1 aliphatic carbocycles. The lowest BCUT2D eigenvalue weighted by molar-refractivity contribution is -0.254. The molecule has 1 aliphatic heterocycles. The molecule has 2 aromatic rings. The molecule has 1 saturated carbocycles. The first-order chi connectivity index (χ1) is 21.9. The van der Waals surface area contributed by atoms with E-state index in [0.29, 0.717) is 12.0 Å². The number of hydrogen-bond donors (Lipinski definition) is 0. The zero-order valence-electron chi connectivity index (χ0n) is 27.7. The fourth-order valence-corrected chi connectivity index (χ4v) is 6.44. The van der Waals surface area contributed by atoms with Crippen LogP contribution in [0.1, 0.15) is 95.1 Å². The number of benzene rings is 2. The van der Waals surface area contributed by atoms with Gasteiger partial charge in [-0.3, -0.25) is 19.2 Å². The molecule has 2 fully saturated rings. The van der Waals surface area contributed by atoms with E-state index in [4.69, 9.17) is 28.4 Å². The number of rotatable bonds is 12. The minimum absolute atomic E-state index is 0.277. The van der Waals surface area contributed by atoms with E-state index in [1.165, 1.54) is 53.4 Å². The zero-order valence-corrected chi connectivity index (χ0v) is 27.7. The smallest absolute Gasteiger partial charge is 0.303 e. The molecule has 0 unspecified atom stereocenters. The molecule has 4 rings (SSSR count). The summed E-state index contributed by atoms with van der Waals surface area (Å²) in [6.07, 6.45) is 1.19. The molecule has 5 atom stereocenters. The standard InChI is InChI=1S/C36H46O10/c1-7-36(16-8-9-17-36)21-42-30-14-11-27(12-15-30)18-29-19-28(13-10-22(29)2)32-34(44-25(5)39)35(45-26(6)40)33(43-24(4)38)31(46-32)20-41-23(3)37/h10-15,19,31-35H,7-9,16-18,20-21H2,1-6H3/t31-,32+,33-,34+,35+/m1/s1. The van der Waals surface area contributed by atoms with E-state index in [-0.39, 0.29) is 12.0 Å². The van der Waals surface area contributed by atoms with E-state index in [2.05, 4.69) is 19.1 Å². The Kier molecular flexibility index (Phi) is 11.8. The molecular formula is C36H46O10. The van der Waals surface area contributed by atoms with Gasteiger partial charge in [0.25, 0.3) is 0 Å². The van der Waals surface area contributed by atoms with E-state index in [1.54, 1.807) is 0 Å². The third-order valence-electron chi connectivity index (χ3n) is 8.97. The molecule has 0 N–H and O–H groups in total. The third kappa shape index (κ3) is 9.09. The number of aryl methyl sites for hydroxylation is 1. The van der Waals surface area contributed by atoms with Crippen molar-refractivity contribution in [3.63, 3.8) is 0 Å². The van der Waals surface area contributed by atoms with Crippen LogP contribution in [0.2, 0.25) is 0 Å². The Morgan fingerprint density at radius 3 is 2.00 bits per heavy atom. The summed E-state index contributed by atoms with van der Waals surface area (Å²) in [6, 6.07) is 13.9. The summed E-state index contributed by atoms with van der Waals surface area (Å²) in [4.78, 5) is 48.3. The minimum Gasteiger partial charge on any atom is -0.493 e. The quantitative estimate of drug-likeness (QED) is 0.210. The molecule has 46 heavy (non-hydrogen) atoms. The summed E-state index contributed by atoms with van der Waals surface area (Å²) in [5, 5.41) is 0. The average Bonchev–Trinajstić information content (AvgIpc) is 3.48. The van der Waals surface area contributed by atoms with Crippen LogP contribution in [-0.2, 0) is 49.3 Å². The second kappa shape index (κ2) is 15.6. The van der Waals surface area contributed by atoms with Crippen molar-refractivity contribution in [2.24, 2.45) is 5.41 Å². The maximum absolute atomic E-state index is 12.3. The second-order valence-corrected chi connectivity index (χ2v) is 12.5. The van der Waals surface area contributed by atoms with E-state index in [0.717, 1.165) is 35.5 Å². The first-order valence-corrected chi connectivity index (χ1v) is 16.0. The lowest BCUT2D eigenvalue weighted by Crippen LogP contribution is -2.59. The Morgan fingerprint density at radius 2 is 1.41 bits per heavy atom. The van der Waals surface area contributed by atoms with Gasteiger partial charge in [0, 0.05) is 33.1 Å². The van der Waals surface area contributed by atoms with Gasteiger partial charge in [0.2, 0.25) is 0 Å². The Morgan fingerprint density at radius 1 is 0.804 bits per heavy atom. The molecule has 0 spiro atoms. The SMILES string of the molecule is CCC1(COc2ccc(Cc3cc([C@@H]4O[C@H](COC(C)=O)[C@@H](OC(C)=O)[C@H](OC(C)=O)[C@H]4OC(C)=O)ccc3C)cc2)CCCC1. The summed E-state index contributed by atoms with van der Waals surface area (Å²) in [5.41, 5.74) is 4.07. The van der Waals surface area contributed by atoms with Gasteiger partial charge in [-0.25, -0.2) is 0 Å². The first-order valence-electron chi connectivity index (χ1n) is 16.0. The maximum Gasteiger partial charge on any atom is 0.303 e. The Labute approximate surface area is 271 Å². The largest absolute Gasteiger partial charge is 0.493 e. The molecule has 10 heteroatoms. The molecule has 2 aliphatic rings. The molecule has 0 bridgehead atoms. The van der Waals surface area contributed by atoms with E-state index < -0.39 is 54.4 Å². The lowest BCUT2D eigenvalue weighted by atomic mass is 9.84. The van der Waals surface area contributed by atoms with Crippen LogP contribution in [0.25, 0.3) is 0 Å². The van der Waals surface area contributed by atoms with Gasteiger partial charge in [-0.1, -0.05) is 50.1 Å². The molecule has 2 aromatic carbocycles. The van der Waals surface area contributed by atoms with Gasteiger partial charge in [-0.05, 0) is 67.0 Å². The first kappa shape index (κ1) is 34.9. The van der Waals surface area contributed by atoms with Gasteiger partial charge < -0.3 is 28.4 Å². The van der Waals surface area contributed by atoms with Crippen LogP contribution in [0.4, 0.5) is 0 Å². The third-order valence-corrected chi connectivity index (χ3v) is 8.97. The number of hydrogen-bond acceptors (Lipinski definition) is 10. The van der Waals surface area contributed by atoms with Crippen molar-refractivity contribution in [3.8, 4) is 5.75 Å². The van der Waals surface area contributed by atoms with Gasteiger partial charge in [-0.2, -0.15) is 0 Å². The average molecular weight is 639 g/mol. The predicted octanol–water partition coefficient (Wildman–Crippen LogP) is 5.73. The Hall–Kier alpha value is -3.92. The number of carbonyl (C=O) groups excluding carboxylic acids is 4. The van der Waals surface area contributed by atoms with Crippen molar-refractivity contribution in [2.45, 2.75) is 111 Å². The van der Waals surface area contributed by atoms with Crippen LogP contribution in [0, 0.1) is 12.3 Å². The minimum atomic E-state index is -1.22. The highest BCUT2D eigenvalue weighted by molar-refractivity contribution is 5.69. The van der Waals surface area contributed by atoms with Crippen LogP contribution < -0.4 is 4.74 Å². The zero-order chi connectivity index (χ0) is 33.4. The summed E-state index contributed by atoms with van der Waals surface area (Å²) in [6.45, 7) is 9.60. The lowest BCUT2D eigenvalue weighted by Gasteiger charge is -2.44. The van der Waals surface area contributed by atoms with Crippen molar-refractivity contribution in [2.75, 3.05) is 13.2 Å². The number of esters is 4. The molecule has 10 nitrogen and oxygen atoms in total. The molecule has 0 amide bonds. The molecule has 0 radical (unpaired) electrons. The summed E-state index contributed by atoms with van der Waals surface area (Å²) in [7, 11) is 0. The fraction of sp³-hybridized carbons (Fsp3) is 0.556. The number of ether oxygens (including phenoxy) is 6. The van der Waals surface area contributed by atoms with Crippen LogP contribution in [0.3, 0.4) is 0 Å². The van der Waals surface area contributed by atoms with E-state index in [1.807, 2.05) is 37.3 Å². The molecular weight excluding hydrogens is 592 g/mol. The van der Waals surface area contributed by atoms with Crippen molar-refractivity contribution in [1.29, 1.82) is 0 Å². The van der Waals surface area contributed by atoms with E-state index >= 15 is 0 Å². The van der Waals surface area contributed by atoms with Gasteiger partial charge in [0.1, 0.15) is 24.6 Å². The monoisotopic (exact) mass is 638 g/mol. The van der Waals surface area contributed by atoms with Crippen molar-refractivity contribution < 1.29 is 47.6 Å². The summed E-state index contributed by atoms with van der Waals surface area (Å²) < 4.78 is 34.6. The van der Waals surface area contributed by atoms with Crippen LogP contribution >= 0.6 is 0 Å². The normalized spacial score (nSPS) is 23.7. The Balaban J connectivity index is 1.60. The molecule has 1 saturated heterocycles. The van der Waals surface area contributed by atoms with Gasteiger partial charge in [-0.15, -0.1) is 0 Å². The van der Waals surface area contributed by atoms with Crippen molar-refractivity contribution >= 4 is 23.9 Å². The maximum atomic E-state index is 12.3. The highest BCUT2D eigenvalue weighted by Gasteiger charge is 2.52. The summed E-state index contributed by atoms with van der Waals surface area (Å²) >= 11 is 0. The predicted molar refractivity (Wildman–Crippen MR) is 168 cm³/mol. The van der Waals surface area contributed by atoms with Gasteiger partial charge in [0.15, 0.2) is 18.3 Å². The Bertz CT molecular complexity index is 1380. The molecule has 1 heterocycles. The highest BCUT2D eigenvalue weighted by atomic mass is 16.7. The van der Waals surface area contributed by atoms with Gasteiger partial charge >= 0.3 is 23.9 Å². The van der Waals surface area contributed by atoms with Crippen LogP contribution in [0.5, 0.6) is 5.75 Å². The van der Waals surface area contributed by atoms with Gasteiger partial charge in [0.05, 0.1) is 6.61 Å².